The number of hydrogen-bond donors (Lipinski definition) is 0. The molecule has 4 aromatic carbocycles. The van der Waals surface area contributed by atoms with Gasteiger partial charge in [-0.15, -0.1) is 0 Å². The summed E-state index contributed by atoms with van der Waals surface area (Å²) in [6, 6.07) is 25.3. The van der Waals surface area contributed by atoms with E-state index >= 15 is 0 Å². The lowest BCUT2D eigenvalue weighted by Crippen LogP contribution is -2.33. The van der Waals surface area contributed by atoms with Gasteiger partial charge in [-0.2, -0.15) is 0 Å². The van der Waals surface area contributed by atoms with Crippen LogP contribution in [0.4, 0.5) is 0 Å². The van der Waals surface area contributed by atoms with Crippen LogP contribution in [-0.4, -0.2) is 4.98 Å². The number of aryl methyl sites for hydroxylation is 1. The summed E-state index contributed by atoms with van der Waals surface area (Å²) in [6.07, 6.45) is 3.74. The highest BCUT2D eigenvalue weighted by Crippen LogP contribution is 2.52. The second kappa shape index (κ2) is 7.92. The summed E-state index contributed by atoms with van der Waals surface area (Å²) >= 11 is 0. The summed E-state index contributed by atoms with van der Waals surface area (Å²) in [4.78, 5) is 4.68. The van der Waals surface area contributed by atoms with E-state index in [0.29, 0.717) is 24.1 Å². The normalized spacial score (nSPS) is 20.8. The lowest BCUT2D eigenvalue weighted by Gasteiger charge is -2.45. The number of rotatable bonds is 2. The number of nitrogens with zero attached hydrogens (tertiary/aromatic N) is 1. The molecule has 1 saturated carbocycles. The third-order valence-electron chi connectivity index (χ3n) is 7.67. The van der Waals surface area contributed by atoms with E-state index in [1.54, 1.807) is 0 Å². The van der Waals surface area contributed by atoms with E-state index in [1.807, 2.05) is 6.07 Å². The molecule has 1 nitrogen and oxygen atoms in total. The van der Waals surface area contributed by atoms with E-state index < -0.39 is 12.7 Å². The molecule has 1 aliphatic carbocycles. The molecule has 0 atom stereocenters. The molecule has 0 aliphatic heterocycles. The Balaban J connectivity index is 1.58. The van der Waals surface area contributed by atoms with Crippen LogP contribution < -0.4 is 0 Å². The Kier molecular flexibility index (Phi) is 4.10. The molecule has 35 heavy (non-hydrogen) atoms. The zero-order valence-electron chi connectivity index (χ0n) is 25.1. The predicted molar refractivity (Wildman–Crippen MR) is 151 cm³/mol. The molecule has 0 amide bonds. The first-order valence-corrected chi connectivity index (χ1v) is 12.6. The van der Waals surface area contributed by atoms with E-state index in [4.69, 9.17) is 4.11 Å². The molecule has 0 spiro atoms. The zero-order valence-corrected chi connectivity index (χ0v) is 21.1. The van der Waals surface area contributed by atoms with E-state index in [-0.39, 0.29) is 16.4 Å². The zero-order chi connectivity index (χ0) is 27.8. The van der Waals surface area contributed by atoms with Gasteiger partial charge < -0.3 is 0 Å². The average molecular weight is 462 g/mol. The molecule has 1 aliphatic rings. The number of benzene rings is 4. The fraction of sp³-hybridized carbons (Fsp3) is 0.324. The maximum atomic E-state index is 9.70. The summed E-state index contributed by atoms with van der Waals surface area (Å²) in [5.41, 5.74) is 2.30. The van der Waals surface area contributed by atoms with Crippen molar-refractivity contribution in [3.8, 4) is 11.3 Å². The number of aromatic nitrogens is 1. The fourth-order valence-corrected chi connectivity index (χ4v) is 6.80. The Labute approximate surface area is 214 Å². The molecule has 0 saturated heterocycles. The third-order valence-corrected chi connectivity index (χ3v) is 7.67. The molecule has 1 fully saturated rings. The van der Waals surface area contributed by atoms with E-state index in [0.717, 1.165) is 17.4 Å². The minimum absolute atomic E-state index is 0.0676. The maximum absolute atomic E-state index is 9.70. The van der Waals surface area contributed by atoms with Crippen LogP contribution in [0.15, 0.2) is 79.0 Å². The molecule has 0 bridgehead atoms. The van der Waals surface area contributed by atoms with Gasteiger partial charge >= 0.3 is 0 Å². The van der Waals surface area contributed by atoms with Crippen molar-refractivity contribution in [2.75, 3.05) is 0 Å². The van der Waals surface area contributed by atoms with Gasteiger partial charge in [0.05, 0.1) is 5.69 Å². The highest BCUT2D eigenvalue weighted by molar-refractivity contribution is 6.25. The number of hydrogen-bond acceptors (Lipinski definition) is 1. The van der Waals surface area contributed by atoms with Gasteiger partial charge in [0.2, 0.25) is 0 Å². The van der Waals surface area contributed by atoms with Crippen molar-refractivity contribution in [3.63, 3.8) is 0 Å². The number of fused-ring (bicyclic) bond motifs is 6. The average Bonchev–Trinajstić information content (AvgIpc) is 2.85. The van der Waals surface area contributed by atoms with Gasteiger partial charge in [0, 0.05) is 17.2 Å². The standard InChI is InChI=1S/C34H35N/c1-22-20-35-32(17-30(22)24-18-33(2,3)21-34(4,5)19-24)23-14-15-29-27-12-7-6-10-25(27)26-11-8-9-13-28(26)31(29)16-23/h6-17,20,24H,18-19,21H2,1-5H3/i1D3,24D. The van der Waals surface area contributed by atoms with Crippen LogP contribution in [-0.2, 0) is 0 Å². The van der Waals surface area contributed by atoms with Gasteiger partial charge in [-0.3, -0.25) is 4.98 Å². The second-order valence-corrected chi connectivity index (χ2v) is 11.9. The SMILES string of the molecule is [2H]C([2H])([2H])c1cnc(-c2ccc3c4ccccc4c4ccccc4c3c2)cc1C1([2H])CC(C)(C)CC(C)(C)C1. The Bertz CT molecular complexity index is 1690. The minimum atomic E-state index is -2.33. The number of pyridine rings is 1. The lowest BCUT2D eigenvalue weighted by atomic mass is 9.60. The topological polar surface area (TPSA) is 12.9 Å². The van der Waals surface area contributed by atoms with Crippen LogP contribution in [0.3, 0.4) is 0 Å². The first kappa shape index (κ1) is 18.1. The van der Waals surface area contributed by atoms with Crippen LogP contribution >= 0.6 is 0 Å². The highest BCUT2D eigenvalue weighted by Gasteiger charge is 2.39. The van der Waals surface area contributed by atoms with Crippen LogP contribution in [0.1, 0.15) is 69.5 Å². The Morgan fingerprint density at radius 1 is 0.743 bits per heavy atom. The van der Waals surface area contributed by atoms with Gasteiger partial charge in [-0.05, 0) is 98.4 Å². The summed E-state index contributed by atoms with van der Waals surface area (Å²) in [6.45, 7) is 6.47. The van der Waals surface area contributed by atoms with Crippen LogP contribution in [0.25, 0.3) is 43.6 Å². The molecule has 0 unspecified atom stereocenters. The molecule has 1 aromatic heterocycles. The molecular formula is C34H35N. The van der Waals surface area contributed by atoms with Crippen LogP contribution in [0.2, 0.25) is 0 Å². The second-order valence-electron chi connectivity index (χ2n) is 11.9. The van der Waals surface area contributed by atoms with E-state index in [1.165, 1.54) is 33.1 Å². The summed E-state index contributed by atoms with van der Waals surface area (Å²) in [7, 11) is 0. The fourth-order valence-electron chi connectivity index (χ4n) is 6.80. The minimum Gasteiger partial charge on any atom is -0.256 e. The van der Waals surface area contributed by atoms with Gasteiger partial charge in [-0.25, -0.2) is 0 Å². The Morgan fingerprint density at radius 2 is 1.29 bits per heavy atom. The van der Waals surface area contributed by atoms with Crippen molar-refractivity contribution in [1.82, 2.24) is 4.98 Å². The van der Waals surface area contributed by atoms with Gasteiger partial charge in [0.25, 0.3) is 0 Å². The van der Waals surface area contributed by atoms with Crippen LogP contribution in [0, 0.1) is 17.7 Å². The van der Waals surface area contributed by atoms with E-state index in [9.17, 15) is 1.37 Å². The first-order valence-electron chi connectivity index (χ1n) is 14.6. The summed E-state index contributed by atoms with van der Waals surface area (Å²) in [5, 5.41) is 7.15. The summed E-state index contributed by atoms with van der Waals surface area (Å²) < 4.78 is 34.5. The van der Waals surface area contributed by atoms with Gasteiger partial charge in [0.15, 0.2) is 0 Å². The predicted octanol–water partition coefficient (Wildman–Crippen LogP) is 9.84. The Hall–Kier alpha value is -3.19. The Morgan fingerprint density at radius 3 is 1.86 bits per heavy atom. The molecular weight excluding hydrogens is 422 g/mol. The molecule has 6 rings (SSSR count). The first-order chi connectivity index (χ1) is 18.3. The van der Waals surface area contributed by atoms with Gasteiger partial charge in [0.1, 0.15) is 0 Å². The van der Waals surface area contributed by atoms with Gasteiger partial charge in [-0.1, -0.05) is 88.4 Å². The van der Waals surface area contributed by atoms with Crippen LogP contribution in [0.5, 0.6) is 0 Å². The molecule has 5 aromatic rings. The third kappa shape index (κ3) is 3.92. The lowest BCUT2D eigenvalue weighted by molar-refractivity contribution is 0.0967. The van der Waals surface area contributed by atoms with E-state index in [2.05, 4.69) is 99.4 Å². The highest BCUT2D eigenvalue weighted by atomic mass is 14.7. The monoisotopic (exact) mass is 461 g/mol. The van der Waals surface area contributed by atoms with Crippen molar-refractivity contribution >= 4 is 32.3 Å². The molecule has 1 heterocycles. The van der Waals surface area contributed by atoms with Crippen molar-refractivity contribution in [2.45, 2.75) is 59.7 Å². The van der Waals surface area contributed by atoms with Crippen molar-refractivity contribution in [3.05, 3.63) is 90.1 Å². The molecule has 176 valence electrons. The molecule has 1 heteroatoms. The molecule has 0 N–H and O–H groups in total. The smallest absolute Gasteiger partial charge is 0.0705 e. The van der Waals surface area contributed by atoms with Crippen molar-refractivity contribution < 1.29 is 5.48 Å². The molecule has 0 radical (unpaired) electrons. The quantitative estimate of drug-likeness (QED) is 0.238. The van der Waals surface area contributed by atoms with Crippen molar-refractivity contribution in [2.24, 2.45) is 10.8 Å². The summed E-state index contributed by atoms with van der Waals surface area (Å²) in [5.74, 6) is -1.01. The maximum Gasteiger partial charge on any atom is 0.0705 e. The largest absolute Gasteiger partial charge is 0.256 e. The van der Waals surface area contributed by atoms with Crippen molar-refractivity contribution in [1.29, 1.82) is 0 Å².